The molecule has 0 bridgehead atoms. The van der Waals surface area contributed by atoms with E-state index in [1.54, 1.807) is 0 Å². The monoisotopic (exact) mass is 393 g/mol. The molecule has 1 aromatic carbocycles. The minimum absolute atomic E-state index is 0. The van der Waals surface area contributed by atoms with Crippen molar-refractivity contribution in [3.63, 3.8) is 0 Å². The first-order chi connectivity index (χ1) is 12.1. The number of fused-ring (bicyclic) bond motifs is 1. The van der Waals surface area contributed by atoms with Gasteiger partial charge in [0.15, 0.2) is 0 Å². The van der Waals surface area contributed by atoms with Crippen molar-refractivity contribution in [3.05, 3.63) is 52.2 Å². The SMILES string of the molecule is CCCN(C(=O)c1csc(CCN)n1)C(C)c1cc2ccccc2o1.Cl. The van der Waals surface area contributed by atoms with Gasteiger partial charge < -0.3 is 15.1 Å². The number of amides is 1. The van der Waals surface area contributed by atoms with Gasteiger partial charge in [-0.1, -0.05) is 25.1 Å². The first-order valence-corrected chi connectivity index (χ1v) is 9.46. The zero-order valence-corrected chi connectivity index (χ0v) is 16.6. The molecular formula is C19H24ClN3O2S. The van der Waals surface area contributed by atoms with Crippen LogP contribution in [0.4, 0.5) is 0 Å². The summed E-state index contributed by atoms with van der Waals surface area (Å²) in [6.07, 6.45) is 1.57. The molecule has 5 nitrogen and oxygen atoms in total. The van der Waals surface area contributed by atoms with Gasteiger partial charge in [-0.05, 0) is 32.0 Å². The summed E-state index contributed by atoms with van der Waals surface area (Å²) in [6, 6.07) is 9.74. The number of thiazole rings is 1. The molecule has 2 heterocycles. The van der Waals surface area contributed by atoms with E-state index in [1.165, 1.54) is 11.3 Å². The first-order valence-electron chi connectivity index (χ1n) is 8.58. The van der Waals surface area contributed by atoms with Crippen LogP contribution in [0, 0.1) is 0 Å². The van der Waals surface area contributed by atoms with E-state index in [2.05, 4.69) is 11.9 Å². The van der Waals surface area contributed by atoms with Crippen LogP contribution in [0.2, 0.25) is 0 Å². The predicted octanol–water partition coefficient (Wildman–Crippen LogP) is 4.43. The number of carbonyl (C=O) groups excluding carboxylic acids is 1. The molecule has 0 aliphatic rings. The Labute approximate surface area is 163 Å². The third kappa shape index (κ3) is 4.26. The highest BCUT2D eigenvalue weighted by atomic mass is 35.5. The maximum atomic E-state index is 13.0. The fourth-order valence-corrected chi connectivity index (χ4v) is 3.66. The van der Waals surface area contributed by atoms with E-state index in [-0.39, 0.29) is 24.4 Å². The van der Waals surface area contributed by atoms with Crippen LogP contribution in [-0.4, -0.2) is 28.9 Å². The van der Waals surface area contributed by atoms with Crippen LogP contribution >= 0.6 is 23.7 Å². The number of hydrogen-bond donors (Lipinski definition) is 1. The van der Waals surface area contributed by atoms with E-state index in [9.17, 15) is 4.79 Å². The van der Waals surface area contributed by atoms with Gasteiger partial charge in [-0.15, -0.1) is 23.7 Å². The molecule has 1 amide bonds. The molecule has 1 atom stereocenters. The lowest BCUT2D eigenvalue weighted by Gasteiger charge is -2.27. The molecule has 0 radical (unpaired) electrons. The van der Waals surface area contributed by atoms with Gasteiger partial charge in [0.2, 0.25) is 0 Å². The van der Waals surface area contributed by atoms with Crippen molar-refractivity contribution < 1.29 is 9.21 Å². The van der Waals surface area contributed by atoms with Gasteiger partial charge in [-0.2, -0.15) is 0 Å². The van der Waals surface area contributed by atoms with Crippen molar-refractivity contribution in [2.75, 3.05) is 13.1 Å². The summed E-state index contributed by atoms with van der Waals surface area (Å²) in [5.74, 6) is 0.731. The van der Waals surface area contributed by atoms with Gasteiger partial charge in [0, 0.05) is 23.7 Å². The van der Waals surface area contributed by atoms with E-state index in [0.717, 1.165) is 28.2 Å². The van der Waals surface area contributed by atoms with Crippen molar-refractivity contribution >= 4 is 40.6 Å². The number of para-hydroxylation sites is 1. The minimum Gasteiger partial charge on any atom is -0.459 e. The standard InChI is InChI=1S/C19H23N3O2S.ClH/c1-3-10-22(19(23)15-12-25-18(21-15)8-9-20)13(2)17-11-14-6-4-5-7-16(14)24-17;/h4-7,11-13H,3,8-10,20H2,1-2H3;1H. The van der Waals surface area contributed by atoms with Crippen LogP contribution in [0.15, 0.2) is 40.1 Å². The Hall–Kier alpha value is -1.89. The number of rotatable bonds is 7. The summed E-state index contributed by atoms with van der Waals surface area (Å²) in [4.78, 5) is 19.3. The summed E-state index contributed by atoms with van der Waals surface area (Å²) in [6.45, 7) is 5.25. The number of nitrogens with zero attached hydrogens (tertiary/aromatic N) is 2. The molecule has 0 fully saturated rings. The van der Waals surface area contributed by atoms with Crippen molar-refractivity contribution in [1.82, 2.24) is 9.88 Å². The average Bonchev–Trinajstić information content (AvgIpc) is 3.25. The highest BCUT2D eigenvalue weighted by molar-refractivity contribution is 7.09. The number of furan rings is 1. The molecule has 140 valence electrons. The predicted molar refractivity (Wildman–Crippen MR) is 108 cm³/mol. The van der Waals surface area contributed by atoms with Crippen molar-refractivity contribution in [1.29, 1.82) is 0 Å². The normalized spacial score (nSPS) is 12.0. The van der Waals surface area contributed by atoms with Crippen LogP contribution in [0.25, 0.3) is 11.0 Å². The van der Waals surface area contributed by atoms with Crippen molar-refractivity contribution in [2.24, 2.45) is 5.73 Å². The third-order valence-electron chi connectivity index (χ3n) is 4.18. The zero-order chi connectivity index (χ0) is 17.8. The molecule has 2 N–H and O–H groups in total. The van der Waals surface area contributed by atoms with Crippen LogP contribution in [0.3, 0.4) is 0 Å². The molecule has 1 unspecified atom stereocenters. The number of benzene rings is 1. The zero-order valence-electron chi connectivity index (χ0n) is 15.0. The Kier molecular flexibility index (Phi) is 7.20. The number of carbonyl (C=O) groups is 1. The van der Waals surface area contributed by atoms with E-state index >= 15 is 0 Å². The maximum Gasteiger partial charge on any atom is 0.273 e. The molecule has 0 saturated heterocycles. The van der Waals surface area contributed by atoms with Gasteiger partial charge in [-0.3, -0.25) is 4.79 Å². The Morgan fingerprint density at radius 3 is 2.85 bits per heavy atom. The smallest absolute Gasteiger partial charge is 0.273 e. The molecule has 2 aromatic heterocycles. The van der Waals surface area contributed by atoms with E-state index in [4.69, 9.17) is 10.2 Å². The lowest BCUT2D eigenvalue weighted by Crippen LogP contribution is -2.34. The maximum absolute atomic E-state index is 13.0. The quantitative estimate of drug-likeness (QED) is 0.644. The number of halogens is 1. The average molecular weight is 394 g/mol. The van der Waals surface area contributed by atoms with E-state index in [0.29, 0.717) is 25.2 Å². The fourth-order valence-electron chi connectivity index (χ4n) is 2.87. The molecular weight excluding hydrogens is 370 g/mol. The Bertz CT molecular complexity index is 828. The summed E-state index contributed by atoms with van der Waals surface area (Å²) in [5.41, 5.74) is 6.90. The van der Waals surface area contributed by atoms with Gasteiger partial charge in [0.05, 0.1) is 11.0 Å². The number of hydrogen-bond acceptors (Lipinski definition) is 5. The fraction of sp³-hybridized carbons (Fsp3) is 0.368. The van der Waals surface area contributed by atoms with Gasteiger partial charge in [-0.25, -0.2) is 4.98 Å². The van der Waals surface area contributed by atoms with Crippen LogP contribution in [0.1, 0.15) is 47.6 Å². The van der Waals surface area contributed by atoms with Crippen molar-refractivity contribution in [2.45, 2.75) is 32.7 Å². The molecule has 7 heteroatoms. The summed E-state index contributed by atoms with van der Waals surface area (Å²) < 4.78 is 5.96. The lowest BCUT2D eigenvalue weighted by molar-refractivity contribution is 0.0667. The highest BCUT2D eigenvalue weighted by Gasteiger charge is 2.26. The first kappa shape index (κ1) is 20.4. The third-order valence-corrected chi connectivity index (χ3v) is 5.09. The van der Waals surface area contributed by atoms with Crippen LogP contribution in [-0.2, 0) is 6.42 Å². The molecule has 3 rings (SSSR count). The van der Waals surface area contributed by atoms with E-state index in [1.807, 2.05) is 47.5 Å². The van der Waals surface area contributed by atoms with Crippen LogP contribution in [0.5, 0.6) is 0 Å². The summed E-state index contributed by atoms with van der Waals surface area (Å²) >= 11 is 1.49. The molecule has 26 heavy (non-hydrogen) atoms. The molecule has 0 spiro atoms. The second-order valence-electron chi connectivity index (χ2n) is 6.03. The summed E-state index contributed by atoms with van der Waals surface area (Å²) in [5, 5.41) is 3.77. The molecule has 0 aliphatic carbocycles. The largest absolute Gasteiger partial charge is 0.459 e. The molecule has 0 saturated carbocycles. The second-order valence-corrected chi connectivity index (χ2v) is 6.97. The summed E-state index contributed by atoms with van der Waals surface area (Å²) in [7, 11) is 0. The van der Waals surface area contributed by atoms with Gasteiger partial charge in [0.1, 0.15) is 17.0 Å². The Morgan fingerprint density at radius 1 is 1.38 bits per heavy atom. The Morgan fingerprint density at radius 2 is 2.15 bits per heavy atom. The molecule has 0 aliphatic heterocycles. The van der Waals surface area contributed by atoms with Crippen LogP contribution < -0.4 is 5.73 Å². The van der Waals surface area contributed by atoms with Gasteiger partial charge in [0.25, 0.3) is 5.91 Å². The number of nitrogens with two attached hydrogens (primary N) is 1. The topological polar surface area (TPSA) is 72.4 Å². The molecule has 3 aromatic rings. The van der Waals surface area contributed by atoms with Crippen molar-refractivity contribution in [3.8, 4) is 0 Å². The second kappa shape index (κ2) is 9.16. The number of aromatic nitrogens is 1. The van der Waals surface area contributed by atoms with E-state index < -0.39 is 0 Å². The van der Waals surface area contributed by atoms with Gasteiger partial charge >= 0.3 is 0 Å². The Balaban J connectivity index is 0.00000243. The minimum atomic E-state index is -0.153. The lowest BCUT2D eigenvalue weighted by atomic mass is 10.1. The highest BCUT2D eigenvalue weighted by Crippen LogP contribution is 2.28.